The van der Waals surface area contributed by atoms with Crippen LogP contribution in [0.5, 0.6) is 0 Å². The first-order valence-electron chi connectivity index (χ1n) is 5.39. The van der Waals surface area contributed by atoms with Crippen molar-refractivity contribution in [1.82, 2.24) is 19.9 Å². The summed E-state index contributed by atoms with van der Waals surface area (Å²) in [5, 5.41) is 9.04. The summed E-state index contributed by atoms with van der Waals surface area (Å²) in [5.74, 6) is 0.689. The summed E-state index contributed by atoms with van der Waals surface area (Å²) in [7, 11) is 2.13. The van der Waals surface area contributed by atoms with Crippen LogP contribution in [0.2, 0.25) is 5.02 Å². The molecule has 0 saturated carbocycles. The smallest absolute Gasteiger partial charge is 0.113 e. The quantitative estimate of drug-likeness (QED) is 0.795. The maximum absolute atomic E-state index is 5.98. The van der Waals surface area contributed by atoms with Crippen molar-refractivity contribution in [3.8, 4) is 0 Å². The van der Waals surface area contributed by atoms with Gasteiger partial charge in [0.1, 0.15) is 5.52 Å². The Hall–Kier alpha value is -1.13. The van der Waals surface area contributed by atoms with Crippen LogP contribution in [-0.4, -0.2) is 40.0 Å². The van der Waals surface area contributed by atoms with Crippen LogP contribution in [0.25, 0.3) is 11.0 Å². The van der Waals surface area contributed by atoms with Gasteiger partial charge in [0, 0.05) is 30.6 Å². The zero-order chi connectivity index (χ0) is 11.1. The van der Waals surface area contributed by atoms with Crippen LogP contribution in [0.1, 0.15) is 0 Å². The fraction of sp³-hybridized carbons (Fsp3) is 0.455. The summed E-state index contributed by atoms with van der Waals surface area (Å²) in [6.45, 7) is 3.21. The molecule has 0 N–H and O–H groups in total. The van der Waals surface area contributed by atoms with E-state index in [4.69, 9.17) is 11.6 Å². The van der Waals surface area contributed by atoms with E-state index >= 15 is 0 Å². The second-order valence-electron chi connectivity index (χ2n) is 4.49. The van der Waals surface area contributed by atoms with Gasteiger partial charge in [-0.1, -0.05) is 16.8 Å². The Kier molecular flexibility index (Phi) is 2.33. The van der Waals surface area contributed by atoms with E-state index < -0.39 is 0 Å². The highest BCUT2D eigenvalue weighted by molar-refractivity contribution is 6.31. The molecule has 2 heterocycles. The molecule has 5 heteroatoms. The van der Waals surface area contributed by atoms with Gasteiger partial charge in [-0.15, -0.1) is 5.10 Å². The summed E-state index contributed by atoms with van der Waals surface area (Å²) in [4.78, 5) is 2.30. The highest BCUT2D eigenvalue weighted by Crippen LogP contribution is 2.20. The molecule has 1 aliphatic rings. The van der Waals surface area contributed by atoms with Crippen molar-refractivity contribution < 1.29 is 0 Å². The summed E-state index contributed by atoms with van der Waals surface area (Å²) in [6, 6.07) is 5.69. The molecule has 2 aromatic rings. The van der Waals surface area contributed by atoms with E-state index in [9.17, 15) is 0 Å². The highest BCUT2D eigenvalue weighted by Gasteiger charge is 2.24. The topological polar surface area (TPSA) is 34.0 Å². The van der Waals surface area contributed by atoms with E-state index in [1.54, 1.807) is 0 Å². The fourth-order valence-corrected chi connectivity index (χ4v) is 2.43. The van der Waals surface area contributed by atoms with Crippen LogP contribution >= 0.6 is 11.6 Å². The maximum Gasteiger partial charge on any atom is 0.113 e. The number of likely N-dealkylation sites (tertiary alicyclic amines) is 1. The number of aromatic nitrogens is 3. The summed E-state index contributed by atoms with van der Waals surface area (Å²) in [6.07, 6.45) is 0. The zero-order valence-electron chi connectivity index (χ0n) is 9.10. The van der Waals surface area contributed by atoms with Gasteiger partial charge in [-0.2, -0.15) is 0 Å². The van der Waals surface area contributed by atoms with Gasteiger partial charge >= 0.3 is 0 Å². The van der Waals surface area contributed by atoms with Crippen molar-refractivity contribution in [2.24, 2.45) is 5.92 Å². The molecule has 0 amide bonds. The zero-order valence-corrected chi connectivity index (χ0v) is 9.85. The van der Waals surface area contributed by atoms with Gasteiger partial charge in [-0.3, -0.25) is 0 Å². The molecule has 0 unspecified atom stereocenters. The summed E-state index contributed by atoms with van der Waals surface area (Å²) in [5.41, 5.74) is 1.94. The lowest BCUT2D eigenvalue weighted by molar-refractivity contribution is 0.116. The van der Waals surface area contributed by atoms with Crippen LogP contribution < -0.4 is 0 Å². The Bertz CT molecular complexity index is 516. The van der Waals surface area contributed by atoms with Crippen LogP contribution in [0, 0.1) is 5.92 Å². The monoisotopic (exact) mass is 236 g/mol. The van der Waals surface area contributed by atoms with Gasteiger partial charge in [0.05, 0.1) is 5.52 Å². The van der Waals surface area contributed by atoms with Gasteiger partial charge in [0.15, 0.2) is 0 Å². The van der Waals surface area contributed by atoms with Gasteiger partial charge in [0.25, 0.3) is 0 Å². The van der Waals surface area contributed by atoms with Crippen molar-refractivity contribution in [3.05, 3.63) is 23.2 Å². The first kappa shape index (κ1) is 10.1. The molecule has 1 aromatic carbocycles. The third-order valence-electron chi connectivity index (χ3n) is 3.05. The van der Waals surface area contributed by atoms with Gasteiger partial charge in [-0.05, 0) is 25.2 Å². The molecule has 0 aliphatic carbocycles. The molecule has 3 rings (SSSR count). The summed E-state index contributed by atoms with van der Waals surface area (Å²) < 4.78 is 1.96. The highest BCUT2D eigenvalue weighted by atomic mass is 35.5. The molecule has 0 radical (unpaired) electrons. The molecule has 16 heavy (non-hydrogen) atoms. The van der Waals surface area contributed by atoms with Crippen molar-refractivity contribution >= 4 is 22.6 Å². The first-order chi connectivity index (χ1) is 7.72. The number of nitrogens with zero attached hydrogens (tertiary/aromatic N) is 4. The molecule has 84 valence electrons. The fourth-order valence-electron chi connectivity index (χ4n) is 2.26. The normalized spacial score (nSPS) is 17.9. The summed E-state index contributed by atoms with van der Waals surface area (Å²) >= 11 is 5.98. The number of fused-ring (bicyclic) bond motifs is 1. The van der Waals surface area contributed by atoms with Crippen LogP contribution in [0.4, 0.5) is 0 Å². The predicted molar refractivity (Wildman–Crippen MR) is 63.5 cm³/mol. The minimum atomic E-state index is 0.689. The van der Waals surface area contributed by atoms with Gasteiger partial charge in [0.2, 0.25) is 0 Å². The lowest BCUT2D eigenvalue weighted by Crippen LogP contribution is -2.45. The predicted octanol–water partition coefficient (Wildman–Crippen LogP) is 1.65. The number of benzene rings is 1. The van der Waals surface area contributed by atoms with E-state index in [2.05, 4.69) is 22.3 Å². The van der Waals surface area contributed by atoms with E-state index in [-0.39, 0.29) is 0 Å². The second-order valence-corrected chi connectivity index (χ2v) is 4.93. The lowest BCUT2D eigenvalue weighted by atomic mass is 10.0. The van der Waals surface area contributed by atoms with Gasteiger partial charge < -0.3 is 4.90 Å². The number of halogens is 1. The molecular formula is C11H13ClN4. The molecule has 1 fully saturated rings. The Morgan fingerprint density at radius 2 is 2.25 bits per heavy atom. The van der Waals surface area contributed by atoms with E-state index in [1.165, 1.54) is 0 Å². The van der Waals surface area contributed by atoms with E-state index in [0.717, 1.165) is 35.7 Å². The number of hydrogen-bond acceptors (Lipinski definition) is 3. The van der Waals surface area contributed by atoms with E-state index in [0.29, 0.717) is 5.92 Å². The third-order valence-corrected chi connectivity index (χ3v) is 3.28. The maximum atomic E-state index is 5.98. The Morgan fingerprint density at radius 3 is 3.00 bits per heavy atom. The molecule has 0 spiro atoms. The van der Waals surface area contributed by atoms with Crippen molar-refractivity contribution in [3.63, 3.8) is 0 Å². The van der Waals surface area contributed by atoms with Crippen molar-refractivity contribution in [1.29, 1.82) is 0 Å². The molecule has 4 nitrogen and oxygen atoms in total. The minimum Gasteiger partial charge on any atom is -0.306 e. The lowest BCUT2D eigenvalue weighted by Gasteiger charge is -2.35. The van der Waals surface area contributed by atoms with Crippen LogP contribution in [0.15, 0.2) is 18.2 Å². The Morgan fingerprint density at radius 1 is 1.44 bits per heavy atom. The molecule has 0 bridgehead atoms. The molecular weight excluding hydrogens is 224 g/mol. The molecule has 1 saturated heterocycles. The molecule has 1 aromatic heterocycles. The molecule has 0 atom stereocenters. The third kappa shape index (κ3) is 1.68. The average molecular weight is 237 g/mol. The van der Waals surface area contributed by atoms with E-state index in [1.807, 2.05) is 22.9 Å². The average Bonchev–Trinajstić information content (AvgIpc) is 2.59. The second kappa shape index (κ2) is 3.71. The van der Waals surface area contributed by atoms with Crippen LogP contribution in [0.3, 0.4) is 0 Å². The molecule has 1 aliphatic heterocycles. The largest absolute Gasteiger partial charge is 0.306 e. The van der Waals surface area contributed by atoms with Gasteiger partial charge in [-0.25, -0.2) is 4.68 Å². The van der Waals surface area contributed by atoms with Crippen molar-refractivity contribution in [2.75, 3.05) is 20.1 Å². The number of hydrogen-bond donors (Lipinski definition) is 0. The Labute approximate surface area is 98.8 Å². The van der Waals surface area contributed by atoms with Crippen molar-refractivity contribution in [2.45, 2.75) is 6.54 Å². The minimum absolute atomic E-state index is 0.689. The van der Waals surface area contributed by atoms with Crippen LogP contribution in [-0.2, 0) is 6.54 Å². The first-order valence-corrected chi connectivity index (χ1v) is 5.77. The number of rotatable bonds is 2. The Balaban J connectivity index is 1.89. The standard InChI is InChI=1S/C11H13ClN4/c1-15-5-8(6-15)7-16-11-4-9(12)2-3-10(11)13-14-16/h2-4,8H,5-7H2,1H3. The SMILES string of the molecule is CN1CC(Cn2nnc3ccc(Cl)cc32)C1.